The van der Waals surface area contributed by atoms with E-state index in [1.165, 1.54) is 12.5 Å². The number of halogens is 1. The maximum atomic E-state index is 13.7. The van der Waals surface area contributed by atoms with E-state index in [0.29, 0.717) is 6.54 Å². The molecule has 1 fully saturated rings. The lowest BCUT2D eigenvalue weighted by molar-refractivity contribution is 0.243. The van der Waals surface area contributed by atoms with E-state index >= 15 is 0 Å². The van der Waals surface area contributed by atoms with Gasteiger partial charge in [-0.1, -0.05) is 18.6 Å². The van der Waals surface area contributed by atoms with E-state index in [0.717, 1.165) is 24.0 Å². The molecule has 1 aromatic rings. The highest BCUT2D eigenvalue weighted by Gasteiger charge is 2.40. The average molecular weight is 193 g/mol. The van der Waals surface area contributed by atoms with E-state index in [1.807, 2.05) is 13.0 Å². The fourth-order valence-corrected chi connectivity index (χ4v) is 2.46. The molecule has 14 heavy (non-hydrogen) atoms. The predicted molar refractivity (Wildman–Crippen MR) is 55.7 cm³/mol. The van der Waals surface area contributed by atoms with Crippen LogP contribution in [0.15, 0.2) is 18.2 Å². The van der Waals surface area contributed by atoms with Gasteiger partial charge >= 0.3 is 0 Å². The van der Waals surface area contributed by atoms with E-state index in [2.05, 4.69) is 0 Å². The Bertz CT molecular complexity index is 316. The normalized spacial score (nSPS) is 19.1. The van der Waals surface area contributed by atoms with Crippen LogP contribution in [0, 0.1) is 12.7 Å². The predicted octanol–water partition coefficient (Wildman–Crippen LogP) is 2.51. The van der Waals surface area contributed by atoms with Gasteiger partial charge in [0.15, 0.2) is 0 Å². The maximum Gasteiger partial charge on any atom is 0.127 e. The molecule has 2 rings (SSSR count). The standard InChI is InChI=1S/C12H16FN/c1-9-4-2-5-10(13)11(9)12(8-14)6-3-7-12/h2,4-5H,3,6-8,14H2,1H3. The summed E-state index contributed by atoms with van der Waals surface area (Å²) in [5, 5.41) is 0. The summed E-state index contributed by atoms with van der Waals surface area (Å²) in [6.07, 6.45) is 3.24. The molecule has 0 unspecified atom stereocenters. The van der Waals surface area contributed by atoms with Crippen LogP contribution in [0.4, 0.5) is 4.39 Å². The Morgan fingerprint density at radius 3 is 2.57 bits per heavy atom. The molecule has 1 aliphatic carbocycles. The number of hydrogen-bond acceptors (Lipinski definition) is 1. The van der Waals surface area contributed by atoms with Crippen LogP contribution in [-0.2, 0) is 5.41 Å². The van der Waals surface area contributed by atoms with Gasteiger partial charge in [-0.05, 0) is 37.0 Å². The van der Waals surface area contributed by atoms with Crippen LogP contribution in [-0.4, -0.2) is 6.54 Å². The highest BCUT2D eigenvalue weighted by Crippen LogP contribution is 2.44. The highest BCUT2D eigenvalue weighted by molar-refractivity contribution is 5.37. The zero-order chi connectivity index (χ0) is 10.2. The van der Waals surface area contributed by atoms with Gasteiger partial charge < -0.3 is 5.73 Å². The lowest BCUT2D eigenvalue weighted by atomic mass is 9.63. The van der Waals surface area contributed by atoms with Crippen LogP contribution in [0.5, 0.6) is 0 Å². The summed E-state index contributed by atoms with van der Waals surface area (Å²) in [5.74, 6) is -0.0878. The van der Waals surface area contributed by atoms with Crippen molar-refractivity contribution in [2.24, 2.45) is 5.73 Å². The van der Waals surface area contributed by atoms with Crippen molar-refractivity contribution < 1.29 is 4.39 Å². The first-order valence-corrected chi connectivity index (χ1v) is 5.15. The molecule has 0 heterocycles. The molecule has 1 nitrogen and oxygen atoms in total. The van der Waals surface area contributed by atoms with Crippen molar-refractivity contribution in [3.8, 4) is 0 Å². The maximum absolute atomic E-state index is 13.7. The molecule has 2 N–H and O–H groups in total. The van der Waals surface area contributed by atoms with Gasteiger partial charge in [0, 0.05) is 12.0 Å². The van der Waals surface area contributed by atoms with E-state index in [9.17, 15) is 4.39 Å². The first kappa shape index (κ1) is 9.66. The van der Waals surface area contributed by atoms with Crippen LogP contribution in [0.2, 0.25) is 0 Å². The van der Waals surface area contributed by atoms with Crippen molar-refractivity contribution in [2.45, 2.75) is 31.6 Å². The van der Waals surface area contributed by atoms with Crippen LogP contribution >= 0.6 is 0 Å². The highest BCUT2D eigenvalue weighted by atomic mass is 19.1. The fourth-order valence-electron chi connectivity index (χ4n) is 2.46. The van der Waals surface area contributed by atoms with Crippen LogP contribution in [0.25, 0.3) is 0 Å². The van der Waals surface area contributed by atoms with Crippen molar-refractivity contribution in [3.63, 3.8) is 0 Å². The summed E-state index contributed by atoms with van der Waals surface area (Å²) in [5.41, 5.74) is 7.60. The van der Waals surface area contributed by atoms with Crippen LogP contribution in [0.3, 0.4) is 0 Å². The minimum absolute atomic E-state index is 0.0601. The van der Waals surface area contributed by atoms with Gasteiger partial charge in [-0.3, -0.25) is 0 Å². The molecular weight excluding hydrogens is 177 g/mol. The topological polar surface area (TPSA) is 26.0 Å². The Balaban J connectivity index is 2.49. The van der Waals surface area contributed by atoms with Gasteiger partial charge in [0.1, 0.15) is 5.82 Å². The van der Waals surface area contributed by atoms with E-state index < -0.39 is 0 Å². The van der Waals surface area contributed by atoms with E-state index in [-0.39, 0.29) is 11.2 Å². The van der Waals surface area contributed by atoms with Crippen LogP contribution < -0.4 is 5.73 Å². The number of hydrogen-bond donors (Lipinski definition) is 1. The Kier molecular flexibility index (Phi) is 2.31. The second-order valence-electron chi connectivity index (χ2n) is 4.27. The summed E-state index contributed by atoms with van der Waals surface area (Å²) >= 11 is 0. The van der Waals surface area contributed by atoms with Crippen molar-refractivity contribution >= 4 is 0 Å². The minimum Gasteiger partial charge on any atom is -0.330 e. The molecular formula is C12H16FN. The third-order valence-electron chi connectivity index (χ3n) is 3.45. The quantitative estimate of drug-likeness (QED) is 0.767. The van der Waals surface area contributed by atoms with Crippen molar-refractivity contribution in [3.05, 3.63) is 35.1 Å². The average Bonchev–Trinajstić information content (AvgIpc) is 2.08. The minimum atomic E-state index is -0.0878. The molecule has 0 saturated heterocycles. The molecule has 0 spiro atoms. The van der Waals surface area contributed by atoms with E-state index in [1.54, 1.807) is 6.07 Å². The SMILES string of the molecule is Cc1cccc(F)c1C1(CN)CCC1. The molecule has 1 saturated carbocycles. The summed E-state index contributed by atoms with van der Waals surface area (Å²) in [6, 6.07) is 5.27. The van der Waals surface area contributed by atoms with Crippen LogP contribution in [0.1, 0.15) is 30.4 Å². The third kappa shape index (κ3) is 1.25. The summed E-state index contributed by atoms with van der Waals surface area (Å²) in [7, 11) is 0. The van der Waals surface area contributed by atoms with Crippen molar-refractivity contribution in [1.82, 2.24) is 0 Å². The third-order valence-corrected chi connectivity index (χ3v) is 3.45. The lowest BCUT2D eigenvalue weighted by Crippen LogP contribution is -2.42. The second kappa shape index (κ2) is 3.35. The Morgan fingerprint density at radius 1 is 1.43 bits per heavy atom. The molecule has 0 aliphatic heterocycles. The molecule has 0 aromatic heterocycles. The Morgan fingerprint density at radius 2 is 2.14 bits per heavy atom. The number of benzene rings is 1. The van der Waals surface area contributed by atoms with E-state index in [4.69, 9.17) is 5.73 Å². The molecule has 1 aliphatic rings. The first-order valence-electron chi connectivity index (χ1n) is 5.15. The van der Waals surface area contributed by atoms with Gasteiger partial charge in [-0.25, -0.2) is 4.39 Å². The number of rotatable bonds is 2. The Hall–Kier alpha value is -0.890. The van der Waals surface area contributed by atoms with Crippen molar-refractivity contribution in [2.75, 3.05) is 6.54 Å². The zero-order valence-electron chi connectivity index (χ0n) is 8.52. The molecule has 1 aromatic carbocycles. The summed E-state index contributed by atoms with van der Waals surface area (Å²) in [4.78, 5) is 0. The molecule has 0 bridgehead atoms. The summed E-state index contributed by atoms with van der Waals surface area (Å²) < 4.78 is 13.7. The van der Waals surface area contributed by atoms with Gasteiger partial charge in [0.25, 0.3) is 0 Å². The lowest BCUT2D eigenvalue weighted by Gasteiger charge is -2.42. The van der Waals surface area contributed by atoms with Gasteiger partial charge in [-0.2, -0.15) is 0 Å². The second-order valence-corrected chi connectivity index (χ2v) is 4.27. The summed E-state index contributed by atoms with van der Waals surface area (Å²) in [6.45, 7) is 2.53. The molecule has 0 amide bonds. The van der Waals surface area contributed by atoms with Crippen molar-refractivity contribution in [1.29, 1.82) is 0 Å². The van der Waals surface area contributed by atoms with Gasteiger partial charge in [0.2, 0.25) is 0 Å². The number of nitrogens with two attached hydrogens (primary N) is 1. The molecule has 0 atom stereocenters. The van der Waals surface area contributed by atoms with Gasteiger partial charge in [-0.15, -0.1) is 0 Å². The zero-order valence-corrected chi connectivity index (χ0v) is 8.52. The molecule has 76 valence electrons. The fraction of sp³-hybridized carbons (Fsp3) is 0.500. The molecule has 0 radical (unpaired) electrons. The monoisotopic (exact) mass is 193 g/mol. The first-order chi connectivity index (χ1) is 6.69. The largest absolute Gasteiger partial charge is 0.330 e. The smallest absolute Gasteiger partial charge is 0.127 e. The Labute approximate surface area is 84.1 Å². The van der Waals surface area contributed by atoms with Gasteiger partial charge in [0.05, 0.1) is 0 Å². The number of aryl methyl sites for hydroxylation is 1. The molecule has 2 heteroatoms.